The first-order chi connectivity index (χ1) is 9.57. The van der Waals surface area contributed by atoms with E-state index in [2.05, 4.69) is 10.3 Å². The fraction of sp³-hybridized carbons (Fsp3) is 0.615. The van der Waals surface area contributed by atoms with E-state index in [9.17, 15) is 8.42 Å². The minimum Gasteiger partial charge on any atom is -0.395 e. The van der Waals surface area contributed by atoms with E-state index in [-0.39, 0.29) is 18.0 Å². The van der Waals surface area contributed by atoms with Crippen LogP contribution in [-0.4, -0.2) is 49.1 Å². The molecule has 0 unspecified atom stereocenters. The number of sulfonamides is 1. The van der Waals surface area contributed by atoms with Crippen LogP contribution in [0.25, 0.3) is 0 Å². The smallest absolute Gasteiger partial charge is 0.246 e. The van der Waals surface area contributed by atoms with Gasteiger partial charge in [0.25, 0.3) is 0 Å². The lowest BCUT2D eigenvalue weighted by atomic mass is 10.4. The summed E-state index contributed by atoms with van der Waals surface area (Å²) in [6.07, 6.45) is 3.13. The molecule has 6 nitrogen and oxygen atoms in total. The summed E-state index contributed by atoms with van der Waals surface area (Å²) >= 11 is 0. The van der Waals surface area contributed by atoms with E-state index < -0.39 is 10.0 Å². The number of aromatic nitrogens is 1. The third-order valence-electron chi connectivity index (χ3n) is 2.75. The molecular weight excluding hydrogens is 278 g/mol. The lowest BCUT2D eigenvalue weighted by Gasteiger charge is -2.22. The molecule has 0 bridgehead atoms. The van der Waals surface area contributed by atoms with Crippen molar-refractivity contribution < 1.29 is 13.5 Å². The predicted octanol–water partition coefficient (Wildman–Crippen LogP) is 1.30. The van der Waals surface area contributed by atoms with E-state index in [1.54, 1.807) is 18.3 Å². The normalized spacial score (nSPS) is 11.8. The van der Waals surface area contributed by atoms with Crippen molar-refractivity contribution in [2.45, 2.75) is 31.6 Å². The van der Waals surface area contributed by atoms with Crippen molar-refractivity contribution in [2.75, 3.05) is 31.6 Å². The van der Waals surface area contributed by atoms with E-state index in [1.807, 2.05) is 13.8 Å². The van der Waals surface area contributed by atoms with Crippen LogP contribution in [0.5, 0.6) is 0 Å². The fourth-order valence-corrected chi connectivity index (χ4v) is 3.47. The van der Waals surface area contributed by atoms with Crippen LogP contribution < -0.4 is 5.32 Å². The molecule has 2 N–H and O–H groups in total. The monoisotopic (exact) mass is 301 g/mol. The third kappa shape index (κ3) is 4.16. The summed E-state index contributed by atoms with van der Waals surface area (Å²) < 4.78 is 26.6. The van der Waals surface area contributed by atoms with Gasteiger partial charge in [0.2, 0.25) is 10.0 Å². The number of hydrogen-bond acceptors (Lipinski definition) is 5. The lowest BCUT2D eigenvalue weighted by molar-refractivity contribution is 0.253. The summed E-state index contributed by atoms with van der Waals surface area (Å²) in [5.74, 6) is 0.369. The summed E-state index contributed by atoms with van der Waals surface area (Å²) in [5, 5.41) is 12.1. The first kappa shape index (κ1) is 16.9. The van der Waals surface area contributed by atoms with Gasteiger partial charge < -0.3 is 10.4 Å². The number of rotatable bonds is 9. The van der Waals surface area contributed by atoms with Gasteiger partial charge in [-0.2, -0.15) is 4.31 Å². The van der Waals surface area contributed by atoms with Crippen molar-refractivity contribution in [3.05, 3.63) is 18.3 Å². The lowest BCUT2D eigenvalue weighted by Crippen LogP contribution is -2.34. The van der Waals surface area contributed by atoms with Crippen molar-refractivity contribution in [2.24, 2.45) is 0 Å². The van der Waals surface area contributed by atoms with Crippen LogP contribution in [0.4, 0.5) is 5.82 Å². The Kier molecular flexibility index (Phi) is 6.90. The van der Waals surface area contributed by atoms with E-state index >= 15 is 0 Å². The Bertz CT molecular complexity index is 499. The van der Waals surface area contributed by atoms with Gasteiger partial charge in [-0.3, -0.25) is 0 Å². The van der Waals surface area contributed by atoms with E-state index in [0.717, 1.165) is 6.42 Å². The number of aliphatic hydroxyl groups is 1. The molecule has 0 aromatic carbocycles. The number of aliphatic hydroxyl groups excluding tert-OH is 1. The van der Waals surface area contributed by atoms with Gasteiger partial charge in [-0.05, 0) is 25.0 Å². The van der Waals surface area contributed by atoms with Crippen LogP contribution in [0.2, 0.25) is 0 Å². The summed E-state index contributed by atoms with van der Waals surface area (Å²) in [7, 11) is -3.64. The van der Waals surface area contributed by atoms with Crippen LogP contribution >= 0.6 is 0 Å². The van der Waals surface area contributed by atoms with Gasteiger partial charge in [0.15, 0.2) is 0 Å². The average molecular weight is 301 g/mol. The number of pyridine rings is 1. The standard InChI is InChI=1S/C13H23N3O3S/c1-3-7-14-13-12(6-5-8-15-13)20(18,19)16(9-4-2)10-11-17/h5-6,8,17H,3-4,7,9-11H2,1-2H3,(H,14,15). The molecule has 1 aromatic heterocycles. The zero-order valence-electron chi connectivity index (χ0n) is 12.0. The molecule has 0 aliphatic heterocycles. The molecule has 0 spiro atoms. The molecule has 0 atom stereocenters. The average Bonchev–Trinajstić information content (AvgIpc) is 2.45. The van der Waals surface area contributed by atoms with Gasteiger partial charge in [-0.15, -0.1) is 0 Å². The zero-order chi connectivity index (χ0) is 15.0. The van der Waals surface area contributed by atoms with Gasteiger partial charge in [-0.1, -0.05) is 13.8 Å². The molecule has 0 saturated heterocycles. The Morgan fingerprint density at radius 3 is 2.65 bits per heavy atom. The van der Waals surface area contributed by atoms with E-state index in [4.69, 9.17) is 5.11 Å². The highest BCUT2D eigenvalue weighted by Gasteiger charge is 2.26. The highest BCUT2D eigenvalue weighted by Crippen LogP contribution is 2.22. The molecule has 0 aliphatic carbocycles. The van der Waals surface area contributed by atoms with Crippen molar-refractivity contribution in [3.8, 4) is 0 Å². The number of anilines is 1. The van der Waals surface area contributed by atoms with Crippen molar-refractivity contribution >= 4 is 15.8 Å². The molecule has 1 rings (SSSR count). The molecule has 20 heavy (non-hydrogen) atoms. The van der Waals surface area contributed by atoms with Crippen LogP contribution in [0.3, 0.4) is 0 Å². The molecule has 1 aromatic rings. The van der Waals surface area contributed by atoms with Crippen LogP contribution in [-0.2, 0) is 10.0 Å². The third-order valence-corrected chi connectivity index (χ3v) is 4.68. The first-order valence-electron chi connectivity index (χ1n) is 6.87. The molecule has 0 saturated carbocycles. The quantitative estimate of drug-likeness (QED) is 0.718. The van der Waals surface area contributed by atoms with E-state index in [1.165, 1.54) is 4.31 Å². The molecule has 0 radical (unpaired) electrons. The van der Waals surface area contributed by atoms with Gasteiger partial charge in [0.05, 0.1) is 6.61 Å². The maximum atomic E-state index is 12.6. The van der Waals surface area contributed by atoms with Crippen LogP contribution in [0.15, 0.2) is 23.2 Å². The Morgan fingerprint density at radius 1 is 1.30 bits per heavy atom. The molecule has 1 heterocycles. The summed E-state index contributed by atoms with van der Waals surface area (Å²) in [6.45, 7) is 4.84. The van der Waals surface area contributed by atoms with Gasteiger partial charge in [-0.25, -0.2) is 13.4 Å². The minimum absolute atomic E-state index is 0.0955. The second-order valence-corrected chi connectivity index (χ2v) is 6.31. The van der Waals surface area contributed by atoms with Gasteiger partial charge in [0.1, 0.15) is 10.7 Å². The highest BCUT2D eigenvalue weighted by molar-refractivity contribution is 7.89. The molecule has 114 valence electrons. The topological polar surface area (TPSA) is 82.5 Å². The predicted molar refractivity (Wildman–Crippen MR) is 79.2 cm³/mol. The Hall–Kier alpha value is -1.18. The van der Waals surface area contributed by atoms with Gasteiger partial charge in [0, 0.05) is 25.8 Å². The zero-order valence-corrected chi connectivity index (χ0v) is 12.9. The number of hydrogen-bond donors (Lipinski definition) is 2. The largest absolute Gasteiger partial charge is 0.395 e. The SMILES string of the molecule is CCCNc1ncccc1S(=O)(=O)N(CCC)CCO. The van der Waals surface area contributed by atoms with Crippen LogP contribution in [0.1, 0.15) is 26.7 Å². The molecule has 0 amide bonds. The Labute approximate surface area is 120 Å². The number of nitrogens with zero attached hydrogens (tertiary/aromatic N) is 2. The second-order valence-electron chi connectivity index (χ2n) is 4.40. The molecule has 0 aliphatic rings. The Balaban J connectivity index is 3.12. The maximum absolute atomic E-state index is 12.6. The Morgan fingerprint density at radius 2 is 2.05 bits per heavy atom. The van der Waals surface area contributed by atoms with Crippen molar-refractivity contribution in [1.82, 2.24) is 9.29 Å². The fourth-order valence-electron chi connectivity index (χ4n) is 1.83. The van der Waals surface area contributed by atoms with Gasteiger partial charge >= 0.3 is 0 Å². The number of nitrogens with one attached hydrogen (secondary N) is 1. The summed E-state index contributed by atoms with van der Waals surface area (Å²) in [5.41, 5.74) is 0. The first-order valence-corrected chi connectivity index (χ1v) is 8.31. The molecule has 7 heteroatoms. The van der Waals surface area contributed by atoms with E-state index in [0.29, 0.717) is 25.3 Å². The molecular formula is C13H23N3O3S. The molecule has 0 fully saturated rings. The highest BCUT2D eigenvalue weighted by atomic mass is 32.2. The minimum atomic E-state index is -3.64. The summed E-state index contributed by atoms with van der Waals surface area (Å²) in [4.78, 5) is 4.27. The maximum Gasteiger partial charge on any atom is 0.246 e. The van der Waals surface area contributed by atoms with Crippen molar-refractivity contribution in [1.29, 1.82) is 0 Å². The second kappa shape index (κ2) is 8.18. The van der Waals surface area contributed by atoms with Crippen molar-refractivity contribution in [3.63, 3.8) is 0 Å². The van der Waals surface area contributed by atoms with Crippen LogP contribution in [0, 0.1) is 0 Å². The summed E-state index contributed by atoms with van der Waals surface area (Å²) in [6, 6.07) is 3.15.